The lowest BCUT2D eigenvalue weighted by atomic mass is 9.78. The third-order valence-electron chi connectivity index (χ3n) is 8.82. The summed E-state index contributed by atoms with van der Waals surface area (Å²) < 4.78 is 34.4. The molecule has 0 spiro atoms. The van der Waals surface area contributed by atoms with E-state index >= 15 is 0 Å². The zero-order valence-corrected chi connectivity index (χ0v) is 29.7. The fourth-order valence-electron chi connectivity index (χ4n) is 6.50. The largest absolute Gasteiger partial charge is 0.698 e. The predicted molar refractivity (Wildman–Crippen MR) is 184 cm³/mol. The second-order valence-electron chi connectivity index (χ2n) is 14.3. The van der Waals surface area contributed by atoms with Gasteiger partial charge in [0.15, 0.2) is 24.8 Å². The quantitative estimate of drug-likeness (QED) is 0.168. The van der Waals surface area contributed by atoms with Gasteiger partial charge in [0.1, 0.15) is 11.5 Å². The molecule has 4 rings (SSSR count). The number of benzene rings is 2. The Morgan fingerprint density at radius 2 is 1.00 bits per heavy atom. The molecule has 0 N–H and O–H groups in total. The van der Waals surface area contributed by atoms with E-state index in [4.69, 9.17) is 18.5 Å². The normalized spacial score (nSPS) is 15.5. The van der Waals surface area contributed by atoms with E-state index in [9.17, 15) is 14.2 Å². The second-order valence-corrected chi connectivity index (χ2v) is 15.3. The number of carbonyl (C=O) groups is 2. The lowest BCUT2D eigenvalue weighted by Crippen LogP contribution is -2.17. The van der Waals surface area contributed by atoms with Crippen molar-refractivity contribution in [3.05, 3.63) is 68.8 Å². The molecule has 0 unspecified atom stereocenters. The number of carbonyl (C=O) groups excluding carboxylic acids is 2. The Morgan fingerprint density at radius 1 is 0.652 bits per heavy atom. The van der Waals surface area contributed by atoms with Crippen molar-refractivity contribution in [1.29, 1.82) is 0 Å². The first-order chi connectivity index (χ1) is 21.7. The summed E-state index contributed by atoms with van der Waals surface area (Å²) in [5, 5.41) is 0. The van der Waals surface area contributed by atoms with Crippen molar-refractivity contribution in [3.8, 4) is 11.5 Å². The minimum Gasteiger partial charge on any atom is -0.496 e. The van der Waals surface area contributed by atoms with Crippen LogP contribution in [-0.2, 0) is 59.7 Å². The smallest absolute Gasteiger partial charge is 0.496 e. The molecule has 2 aromatic carbocycles. The van der Waals surface area contributed by atoms with Crippen LogP contribution in [0.1, 0.15) is 112 Å². The van der Waals surface area contributed by atoms with Crippen molar-refractivity contribution in [2.45, 2.75) is 104 Å². The summed E-state index contributed by atoms with van der Waals surface area (Å²) in [6.07, 6.45) is 14.7. The van der Waals surface area contributed by atoms with Crippen LogP contribution in [0.4, 0.5) is 0 Å². The molecule has 0 saturated heterocycles. The Balaban J connectivity index is 1.36. The second kappa shape index (κ2) is 15.2. The van der Waals surface area contributed by atoms with Crippen LogP contribution < -0.4 is 9.47 Å². The van der Waals surface area contributed by atoms with Gasteiger partial charge in [-0.3, -0.25) is 9.59 Å². The number of ketones is 2. The van der Waals surface area contributed by atoms with Gasteiger partial charge in [0.25, 0.3) is 0 Å². The van der Waals surface area contributed by atoms with E-state index in [0.717, 1.165) is 85.1 Å². The van der Waals surface area contributed by atoms with Gasteiger partial charge in [0.2, 0.25) is 0 Å². The fourth-order valence-corrected chi connectivity index (χ4v) is 7.04. The highest BCUT2D eigenvalue weighted by Crippen LogP contribution is 2.42. The molecule has 0 aliphatic heterocycles. The molecule has 46 heavy (non-hydrogen) atoms. The first-order valence-electron chi connectivity index (χ1n) is 16.4. The summed E-state index contributed by atoms with van der Waals surface area (Å²) in [5.74, 6) is 1.22. The molecule has 0 fully saturated rings. The first kappa shape index (κ1) is 35.7. The van der Waals surface area contributed by atoms with Crippen molar-refractivity contribution in [2.75, 3.05) is 27.4 Å². The van der Waals surface area contributed by atoms with Gasteiger partial charge in [0, 0.05) is 15.7 Å². The van der Waals surface area contributed by atoms with Crippen LogP contribution in [0.3, 0.4) is 0 Å². The molecule has 0 aromatic heterocycles. The van der Waals surface area contributed by atoms with Crippen molar-refractivity contribution >= 4 is 32.0 Å². The lowest BCUT2D eigenvalue weighted by molar-refractivity contribution is -0.116. The molecule has 2 aromatic rings. The van der Waals surface area contributed by atoms with Crippen molar-refractivity contribution < 1.29 is 32.7 Å². The Bertz CT molecular complexity index is 1420. The van der Waals surface area contributed by atoms with E-state index in [1.807, 2.05) is 12.2 Å². The maximum atomic E-state index is 12.6. The van der Waals surface area contributed by atoms with Crippen LogP contribution in [-0.4, -0.2) is 39.0 Å². The molecular formula is C38H50O7P+. The van der Waals surface area contributed by atoms with Gasteiger partial charge in [-0.05, 0) is 120 Å². The van der Waals surface area contributed by atoms with Crippen LogP contribution in [0.15, 0.2) is 24.3 Å². The third kappa shape index (κ3) is 8.61. The Labute approximate surface area is 275 Å². The Morgan fingerprint density at radius 3 is 1.33 bits per heavy atom. The molecule has 8 heteroatoms. The van der Waals surface area contributed by atoms with Gasteiger partial charge >= 0.3 is 8.25 Å². The Kier molecular flexibility index (Phi) is 11.8. The van der Waals surface area contributed by atoms with E-state index < -0.39 is 21.5 Å². The highest BCUT2D eigenvalue weighted by molar-refractivity contribution is 7.33. The first-order valence-corrected chi connectivity index (χ1v) is 17.5. The van der Waals surface area contributed by atoms with E-state index in [1.165, 1.54) is 34.4 Å². The highest BCUT2D eigenvalue weighted by atomic mass is 31.1. The molecule has 2 aliphatic rings. The molecule has 0 amide bonds. The van der Waals surface area contributed by atoms with Crippen molar-refractivity contribution in [2.24, 2.45) is 0 Å². The number of hydrogen-bond donors (Lipinski definition) is 0. The van der Waals surface area contributed by atoms with Crippen LogP contribution >= 0.6 is 8.25 Å². The number of hydrogen-bond acceptors (Lipinski definition) is 7. The molecule has 7 nitrogen and oxygen atoms in total. The lowest BCUT2D eigenvalue weighted by Gasteiger charge is -2.29. The monoisotopic (exact) mass is 649 g/mol. The summed E-state index contributed by atoms with van der Waals surface area (Å²) >= 11 is 0. The molecule has 248 valence electrons. The molecule has 0 heterocycles. The minimum atomic E-state index is -2.64. The Hall–Kier alpha value is -3.12. The minimum absolute atomic E-state index is 0.126. The van der Waals surface area contributed by atoms with Crippen LogP contribution in [0.2, 0.25) is 0 Å². The SMILES string of the molecule is COc1c(C(C)(C)C)cc(C=CC(=O)CO[P+](=O)OCC(=O)C=Cc2cc(C(C)(C)C)c(OC)c3c2CCCC3)c2c1CCCC2. The van der Waals surface area contributed by atoms with Crippen LogP contribution in [0, 0.1) is 0 Å². The topological polar surface area (TPSA) is 88.1 Å². The molecule has 0 bridgehead atoms. The maximum absolute atomic E-state index is 12.6. The molecule has 2 aliphatic carbocycles. The summed E-state index contributed by atoms with van der Waals surface area (Å²) in [4.78, 5) is 25.3. The average Bonchev–Trinajstić information content (AvgIpc) is 3.02. The van der Waals surface area contributed by atoms with Crippen molar-refractivity contribution in [3.63, 3.8) is 0 Å². The fraction of sp³-hybridized carbons (Fsp3) is 0.526. The molecular weight excluding hydrogens is 599 g/mol. The van der Waals surface area contributed by atoms with E-state index in [0.29, 0.717) is 0 Å². The van der Waals surface area contributed by atoms with Crippen molar-refractivity contribution in [1.82, 2.24) is 0 Å². The zero-order chi connectivity index (χ0) is 33.6. The number of ether oxygens (including phenoxy) is 2. The molecule has 0 radical (unpaired) electrons. The third-order valence-corrected chi connectivity index (χ3v) is 9.50. The number of fused-ring (bicyclic) bond motifs is 2. The van der Waals surface area contributed by atoms with E-state index in [1.54, 1.807) is 14.2 Å². The van der Waals surface area contributed by atoms with Gasteiger partial charge in [-0.25, -0.2) is 0 Å². The van der Waals surface area contributed by atoms with Gasteiger partial charge in [-0.15, -0.1) is 9.05 Å². The summed E-state index contributed by atoms with van der Waals surface area (Å²) in [7, 11) is 0.804. The van der Waals surface area contributed by atoms with E-state index in [2.05, 4.69) is 53.7 Å². The number of rotatable bonds is 12. The summed E-state index contributed by atoms with van der Waals surface area (Å²) in [6.45, 7) is 12.1. The van der Waals surface area contributed by atoms with Crippen LogP contribution in [0.5, 0.6) is 11.5 Å². The van der Waals surface area contributed by atoms with Gasteiger partial charge in [-0.2, -0.15) is 0 Å². The van der Waals surface area contributed by atoms with E-state index in [-0.39, 0.29) is 22.4 Å². The highest BCUT2D eigenvalue weighted by Gasteiger charge is 2.28. The van der Waals surface area contributed by atoms with Gasteiger partial charge in [0.05, 0.1) is 14.2 Å². The van der Waals surface area contributed by atoms with Crippen LogP contribution in [0.25, 0.3) is 12.2 Å². The maximum Gasteiger partial charge on any atom is 0.698 e. The summed E-state index contributed by atoms with van der Waals surface area (Å²) in [5.41, 5.74) is 8.84. The molecule has 0 atom stereocenters. The van der Waals surface area contributed by atoms with Gasteiger partial charge in [-0.1, -0.05) is 53.7 Å². The standard InChI is InChI=1S/C38H50O7P/c1-37(2,3)33-21-25(29-13-9-11-15-31(29)35(33)42-7)17-19-27(39)23-44-46(41)45-24-28(40)20-18-26-22-34(38(4,5)6)36(43-8)32-16-12-10-14-30(26)32/h17-22H,9-16,23-24H2,1-8H3/q+1. The molecule has 0 saturated carbocycles. The average molecular weight is 650 g/mol. The van der Waals surface area contributed by atoms with Gasteiger partial charge < -0.3 is 9.47 Å². The predicted octanol–water partition coefficient (Wildman–Crippen LogP) is 8.61. The zero-order valence-electron chi connectivity index (χ0n) is 28.8. The summed E-state index contributed by atoms with van der Waals surface area (Å²) in [6, 6.07) is 4.23. The number of methoxy groups -OCH3 is 2.